The molecule has 0 aliphatic carbocycles. The zero-order valence-corrected chi connectivity index (χ0v) is 17.0. The second kappa shape index (κ2) is 8.65. The van der Waals surface area contributed by atoms with Crippen molar-refractivity contribution >= 4 is 62.9 Å². The largest absolute Gasteiger partial charge is 0.370 e. The molecule has 0 unspecified atom stereocenters. The standard InChI is InChI=1S/C15H16BrN5S.HI/c16-11-3-4-14-20-12(10-21(14)9-11)8-19-15(17)18-6-5-13-2-1-7-22-13;/h1-4,7,9-10H,5-6,8H2,(H3,17,18,19);1H. The molecule has 3 N–H and O–H groups in total. The maximum Gasteiger partial charge on any atom is 0.188 e. The van der Waals surface area contributed by atoms with Crippen LogP contribution in [0.1, 0.15) is 10.6 Å². The van der Waals surface area contributed by atoms with Crippen molar-refractivity contribution < 1.29 is 0 Å². The van der Waals surface area contributed by atoms with Gasteiger partial charge in [-0.3, -0.25) is 0 Å². The summed E-state index contributed by atoms with van der Waals surface area (Å²) in [6.45, 7) is 1.26. The fourth-order valence-electron chi connectivity index (χ4n) is 2.08. The van der Waals surface area contributed by atoms with Crippen LogP contribution < -0.4 is 11.1 Å². The number of hydrogen-bond acceptors (Lipinski definition) is 3. The number of hydrogen-bond donors (Lipinski definition) is 2. The monoisotopic (exact) mass is 505 g/mol. The van der Waals surface area contributed by atoms with E-state index in [4.69, 9.17) is 5.73 Å². The van der Waals surface area contributed by atoms with Gasteiger partial charge in [0.1, 0.15) is 5.65 Å². The van der Waals surface area contributed by atoms with Gasteiger partial charge >= 0.3 is 0 Å². The average molecular weight is 506 g/mol. The summed E-state index contributed by atoms with van der Waals surface area (Å²) in [5.74, 6) is 0.454. The summed E-state index contributed by atoms with van der Waals surface area (Å²) in [6, 6.07) is 8.10. The van der Waals surface area contributed by atoms with Gasteiger partial charge in [-0.1, -0.05) is 6.07 Å². The lowest BCUT2D eigenvalue weighted by atomic mass is 10.3. The number of rotatable bonds is 5. The van der Waals surface area contributed by atoms with Crippen molar-refractivity contribution in [3.8, 4) is 0 Å². The molecule has 0 bridgehead atoms. The number of pyridine rings is 1. The van der Waals surface area contributed by atoms with Gasteiger partial charge in [0, 0.05) is 28.3 Å². The average Bonchev–Trinajstić information content (AvgIpc) is 3.13. The molecule has 0 amide bonds. The van der Waals surface area contributed by atoms with Crippen molar-refractivity contribution in [3.63, 3.8) is 0 Å². The predicted octanol–water partition coefficient (Wildman–Crippen LogP) is 3.42. The number of guanidine groups is 1. The lowest BCUT2D eigenvalue weighted by Gasteiger charge is -2.03. The summed E-state index contributed by atoms with van der Waals surface area (Å²) >= 11 is 5.19. The first-order valence-electron chi connectivity index (χ1n) is 6.90. The number of nitrogens with zero attached hydrogens (tertiary/aromatic N) is 3. The molecule has 23 heavy (non-hydrogen) atoms. The van der Waals surface area contributed by atoms with Crippen LogP contribution in [-0.2, 0) is 13.0 Å². The third kappa shape index (κ3) is 5.18. The van der Waals surface area contributed by atoms with Crippen LogP contribution in [0.5, 0.6) is 0 Å². The van der Waals surface area contributed by atoms with Crippen LogP contribution in [0.25, 0.3) is 5.65 Å². The smallest absolute Gasteiger partial charge is 0.188 e. The van der Waals surface area contributed by atoms with Gasteiger partial charge in [-0.15, -0.1) is 35.3 Å². The van der Waals surface area contributed by atoms with E-state index in [2.05, 4.69) is 48.7 Å². The Morgan fingerprint density at radius 2 is 2.22 bits per heavy atom. The van der Waals surface area contributed by atoms with Gasteiger partial charge in [-0.2, -0.15) is 0 Å². The minimum atomic E-state index is 0. The molecule has 122 valence electrons. The number of thiophene rings is 1. The second-order valence-electron chi connectivity index (χ2n) is 4.80. The first-order valence-corrected chi connectivity index (χ1v) is 8.57. The molecule has 3 aromatic heterocycles. The summed E-state index contributed by atoms with van der Waals surface area (Å²) in [4.78, 5) is 10.2. The molecule has 0 aliphatic heterocycles. The van der Waals surface area contributed by atoms with Crippen LogP contribution >= 0.6 is 51.2 Å². The first kappa shape index (κ1) is 18.2. The van der Waals surface area contributed by atoms with Crippen LogP contribution in [0.3, 0.4) is 0 Å². The van der Waals surface area contributed by atoms with Crippen LogP contribution in [0.2, 0.25) is 0 Å². The Labute approximate surface area is 164 Å². The van der Waals surface area contributed by atoms with E-state index in [9.17, 15) is 0 Å². The molecule has 8 heteroatoms. The third-order valence-corrected chi connectivity index (χ3v) is 4.54. The third-order valence-electron chi connectivity index (χ3n) is 3.13. The van der Waals surface area contributed by atoms with E-state index in [-0.39, 0.29) is 24.0 Å². The van der Waals surface area contributed by atoms with Crippen LogP contribution in [-0.4, -0.2) is 21.9 Å². The number of nitrogens with one attached hydrogen (secondary N) is 1. The molecule has 0 saturated heterocycles. The summed E-state index contributed by atoms with van der Waals surface area (Å²) < 4.78 is 2.98. The minimum absolute atomic E-state index is 0. The van der Waals surface area contributed by atoms with Gasteiger partial charge in [-0.05, 0) is 45.9 Å². The Morgan fingerprint density at radius 3 is 3.00 bits per heavy atom. The Balaban J connectivity index is 0.00000192. The van der Waals surface area contributed by atoms with E-state index in [0.29, 0.717) is 12.5 Å². The van der Waals surface area contributed by atoms with Crippen molar-refractivity contribution in [2.75, 3.05) is 6.54 Å². The Kier molecular flexibility index (Phi) is 6.85. The molecular formula is C15H17BrIN5S. The lowest BCUT2D eigenvalue weighted by Crippen LogP contribution is -2.33. The van der Waals surface area contributed by atoms with Gasteiger partial charge in [0.05, 0.1) is 12.2 Å². The van der Waals surface area contributed by atoms with Gasteiger partial charge in [-0.25, -0.2) is 9.98 Å². The van der Waals surface area contributed by atoms with Crippen LogP contribution in [0.4, 0.5) is 0 Å². The molecule has 0 atom stereocenters. The molecule has 3 rings (SSSR count). The molecule has 0 spiro atoms. The quantitative estimate of drug-likeness (QED) is 0.317. The molecule has 0 fully saturated rings. The second-order valence-corrected chi connectivity index (χ2v) is 6.75. The Hall–Kier alpha value is -1.13. The highest BCUT2D eigenvalue weighted by Gasteiger charge is 2.02. The number of fused-ring (bicyclic) bond motifs is 1. The van der Waals surface area contributed by atoms with Crippen molar-refractivity contribution in [2.24, 2.45) is 10.7 Å². The van der Waals surface area contributed by atoms with E-state index in [1.165, 1.54) is 4.88 Å². The van der Waals surface area contributed by atoms with Gasteiger partial charge < -0.3 is 15.5 Å². The fraction of sp³-hybridized carbons (Fsp3) is 0.200. The summed E-state index contributed by atoms with van der Waals surface area (Å²) in [7, 11) is 0. The number of aromatic nitrogens is 2. The Morgan fingerprint density at radius 1 is 1.35 bits per heavy atom. The Bertz CT molecular complexity index is 784. The SMILES string of the molecule is I.NC(=NCc1cn2cc(Br)ccc2n1)NCCc1cccs1. The van der Waals surface area contributed by atoms with Crippen molar-refractivity contribution in [3.05, 3.63) is 57.1 Å². The molecule has 0 aliphatic rings. The highest BCUT2D eigenvalue weighted by atomic mass is 127. The first-order chi connectivity index (χ1) is 10.7. The summed E-state index contributed by atoms with van der Waals surface area (Å²) in [5, 5.41) is 5.20. The topological polar surface area (TPSA) is 67.7 Å². The molecule has 3 aromatic rings. The van der Waals surface area contributed by atoms with Crippen LogP contribution in [0.15, 0.2) is 51.5 Å². The maximum absolute atomic E-state index is 5.88. The van der Waals surface area contributed by atoms with Gasteiger partial charge in [0.15, 0.2) is 5.96 Å². The highest BCUT2D eigenvalue weighted by Crippen LogP contribution is 2.13. The zero-order valence-electron chi connectivity index (χ0n) is 12.3. The van der Waals surface area contributed by atoms with Crippen LogP contribution in [0, 0.1) is 0 Å². The lowest BCUT2D eigenvalue weighted by molar-refractivity contribution is 0.854. The fourth-order valence-corrected chi connectivity index (χ4v) is 3.15. The van der Waals surface area contributed by atoms with E-state index in [1.807, 2.05) is 28.9 Å². The van der Waals surface area contributed by atoms with E-state index >= 15 is 0 Å². The summed E-state index contributed by atoms with van der Waals surface area (Å²) in [5.41, 5.74) is 7.67. The predicted molar refractivity (Wildman–Crippen MR) is 110 cm³/mol. The molecule has 0 aromatic carbocycles. The van der Waals surface area contributed by atoms with E-state index in [0.717, 1.165) is 28.8 Å². The zero-order chi connectivity index (χ0) is 15.4. The van der Waals surface area contributed by atoms with Crippen molar-refractivity contribution in [2.45, 2.75) is 13.0 Å². The van der Waals surface area contributed by atoms with Crippen molar-refractivity contribution in [1.29, 1.82) is 0 Å². The molecule has 3 heterocycles. The molecule has 0 saturated carbocycles. The van der Waals surface area contributed by atoms with Gasteiger partial charge in [0.25, 0.3) is 0 Å². The number of nitrogens with two attached hydrogens (primary N) is 1. The number of imidazole rings is 1. The van der Waals surface area contributed by atoms with Gasteiger partial charge in [0.2, 0.25) is 0 Å². The number of halogens is 2. The van der Waals surface area contributed by atoms with E-state index in [1.54, 1.807) is 11.3 Å². The highest BCUT2D eigenvalue weighted by molar-refractivity contribution is 14.0. The maximum atomic E-state index is 5.88. The molecule has 0 radical (unpaired) electrons. The molecule has 5 nitrogen and oxygen atoms in total. The number of aliphatic imine (C=N–C) groups is 1. The normalized spacial score (nSPS) is 11.4. The summed E-state index contributed by atoms with van der Waals surface area (Å²) in [6.07, 6.45) is 4.89. The van der Waals surface area contributed by atoms with E-state index < -0.39 is 0 Å². The minimum Gasteiger partial charge on any atom is -0.370 e. The van der Waals surface area contributed by atoms with Crippen molar-refractivity contribution in [1.82, 2.24) is 14.7 Å². The molecular weight excluding hydrogens is 489 g/mol.